The summed E-state index contributed by atoms with van der Waals surface area (Å²) in [6.45, 7) is 3.25. The second-order valence-electron chi connectivity index (χ2n) is 5.40. The first-order valence-electron chi connectivity index (χ1n) is 7.29. The Labute approximate surface area is 140 Å². The van der Waals surface area contributed by atoms with Crippen LogP contribution in [0.25, 0.3) is 10.9 Å². The first kappa shape index (κ1) is 16.1. The number of benzene rings is 2. The summed E-state index contributed by atoms with van der Waals surface area (Å²) in [5.74, 6) is 0.0421. The first-order chi connectivity index (χ1) is 11.4. The van der Waals surface area contributed by atoms with E-state index in [4.69, 9.17) is 4.18 Å². The van der Waals surface area contributed by atoms with Crippen LogP contribution in [0.3, 0.4) is 0 Å². The molecule has 3 aromatic rings. The number of carbonyl (C=O) groups excluding carboxylic acids is 1. The van der Waals surface area contributed by atoms with Crippen molar-refractivity contribution in [2.75, 3.05) is 0 Å². The lowest BCUT2D eigenvalue weighted by molar-refractivity contribution is 0.101. The molecule has 2 aromatic carbocycles. The predicted octanol–water partition coefficient (Wildman–Crippen LogP) is 3.51. The maximum absolute atomic E-state index is 12.5. The van der Waals surface area contributed by atoms with Crippen molar-refractivity contribution in [2.24, 2.45) is 0 Å². The summed E-state index contributed by atoms with van der Waals surface area (Å²) in [6, 6.07) is 14.5. The van der Waals surface area contributed by atoms with Crippen LogP contribution in [-0.2, 0) is 10.1 Å². The van der Waals surface area contributed by atoms with Crippen molar-refractivity contribution in [3.63, 3.8) is 0 Å². The number of carbonyl (C=O) groups is 1. The molecule has 0 aliphatic carbocycles. The Kier molecular flexibility index (Phi) is 4.07. The molecule has 0 aliphatic heterocycles. The van der Waals surface area contributed by atoms with E-state index in [2.05, 4.69) is 4.98 Å². The second kappa shape index (κ2) is 6.05. The Morgan fingerprint density at radius 3 is 2.38 bits per heavy atom. The minimum absolute atomic E-state index is 0.0165. The summed E-state index contributed by atoms with van der Waals surface area (Å²) in [5, 5.41) is 0.792. The zero-order valence-electron chi connectivity index (χ0n) is 13.2. The third-order valence-corrected chi connectivity index (χ3v) is 4.82. The fraction of sp³-hybridized carbons (Fsp3) is 0.111. The first-order valence-corrected chi connectivity index (χ1v) is 8.69. The largest absolute Gasteiger partial charge is 0.377 e. The molecule has 24 heavy (non-hydrogen) atoms. The SMILES string of the molecule is CC(=O)c1ccc(S(=O)(=O)Oc2cccc3ccc(C)nc23)cc1. The van der Waals surface area contributed by atoms with Gasteiger partial charge in [-0.2, -0.15) is 8.42 Å². The third-order valence-electron chi connectivity index (χ3n) is 3.57. The molecule has 0 amide bonds. The van der Waals surface area contributed by atoms with Crippen LogP contribution in [0.4, 0.5) is 0 Å². The number of nitrogens with zero attached hydrogens (tertiary/aromatic N) is 1. The average Bonchev–Trinajstić information content (AvgIpc) is 2.55. The van der Waals surface area contributed by atoms with Crippen LogP contribution in [0.15, 0.2) is 59.5 Å². The molecule has 6 heteroatoms. The third kappa shape index (κ3) is 3.14. The molecule has 122 valence electrons. The van der Waals surface area contributed by atoms with Gasteiger partial charge < -0.3 is 4.18 Å². The van der Waals surface area contributed by atoms with Crippen LogP contribution < -0.4 is 4.18 Å². The summed E-state index contributed by atoms with van der Waals surface area (Å²) in [7, 11) is -4.01. The van der Waals surface area contributed by atoms with Crippen LogP contribution in [0.2, 0.25) is 0 Å². The molecule has 0 unspecified atom stereocenters. The fourth-order valence-electron chi connectivity index (χ4n) is 2.31. The number of aryl methyl sites for hydroxylation is 1. The van der Waals surface area contributed by atoms with Crippen LogP contribution in [0.5, 0.6) is 5.75 Å². The minimum Gasteiger partial charge on any atom is -0.377 e. The fourth-order valence-corrected chi connectivity index (χ4v) is 3.24. The van der Waals surface area contributed by atoms with Gasteiger partial charge in [0.15, 0.2) is 11.5 Å². The smallest absolute Gasteiger partial charge is 0.339 e. The molecule has 0 N–H and O–H groups in total. The molecule has 0 aliphatic rings. The molecule has 3 rings (SSSR count). The molecule has 0 saturated carbocycles. The topological polar surface area (TPSA) is 73.3 Å². The van der Waals surface area contributed by atoms with Crippen LogP contribution in [0.1, 0.15) is 23.0 Å². The molecule has 0 bridgehead atoms. The summed E-state index contributed by atoms with van der Waals surface area (Å²) < 4.78 is 30.2. The number of para-hydroxylation sites is 1. The van der Waals surface area contributed by atoms with Gasteiger partial charge in [-0.05, 0) is 38.1 Å². The van der Waals surface area contributed by atoms with E-state index in [1.807, 2.05) is 25.1 Å². The van der Waals surface area contributed by atoms with Crippen molar-refractivity contribution in [2.45, 2.75) is 18.7 Å². The highest BCUT2D eigenvalue weighted by Gasteiger charge is 2.19. The number of hydrogen-bond acceptors (Lipinski definition) is 5. The average molecular weight is 341 g/mol. The molecule has 1 aromatic heterocycles. The van der Waals surface area contributed by atoms with Gasteiger partial charge in [0.25, 0.3) is 0 Å². The van der Waals surface area contributed by atoms with E-state index in [1.54, 1.807) is 12.1 Å². The maximum Gasteiger partial charge on any atom is 0.339 e. The number of rotatable bonds is 4. The Morgan fingerprint density at radius 1 is 1.00 bits per heavy atom. The Morgan fingerprint density at radius 2 is 1.71 bits per heavy atom. The quantitative estimate of drug-likeness (QED) is 0.536. The zero-order valence-corrected chi connectivity index (χ0v) is 14.0. The van der Waals surface area contributed by atoms with E-state index in [9.17, 15) is 13.2 Å². The summed E-state index contributed by atoms with van der Waals surface area (Å²) in [5.41, 5.74) is 1.69. The van der Waals surface area contributed by atoms with Crippen molar-refractivity contribution < 1.29 is 17.4 Å². The number of aromatic nitrogens is 1. The van der Waals surface area contributed by atoms with E-state index >= 15 is 0 Å². The summed E-state index contributed by atoms with van der Waals surface area (Å²) >= 11 is 0. The van der Waals surface area contributed by atoms with Gasteiger partial charge in [0, 0.05) is 16.6 Å². The number of ketones is 1. The van der Waals surface area contributed by atoms with Gasteiger partial charge in [0.2, 0.25) is 0 Å². The molecule has 1 heterocycles. The van der Waals surface area contributed by atoms with Crippen molar-refractivity contribution in [1.82, 2.24) is 4.98 Å². The van der Waals surface area contributed by atoms with Gasteiger partial charge in [-0.3, -0.25) is 4.79 Å². The number of hydrogen-bond donors (Lipinski definition) is 0. The van der Waals surface area contributed by atoms with E-state index in [1.165, 1.54) is 31.2 Å². The Balaban J connectivity index is 2.00. The van der Waals surface area contributed by atoms with E-state index in [-0.39, 0.29) is 16.4 Å². The second-order valence-corrected chi connectivity index (χ2v) is 6.94. The lowest BCUT2D eigenvalue weighted by Gasteiger charge is -2.10. The molecule has 0 saturated heterocycles. The number of fused-ring (bicyclic) bond motifs is 1. The van der Waals surface area contributed by atoms with Crippen molar-refractivity contribution >= 4 is 26.8 Å². The minimum atomic E-state index is -4.01. The van der Waals surface area contributed by atoms with E-state index < -0.39 is 10.1 Å². The normalized spacial score (nSPS) is 11.4. The predicted molar refractivity (Wildman–Crippen MR) is 90.7 cm³/mol. The van der Waals surface area contributed by atoms with Crippen molar-refractivity contribution in [3.8, 4) is 5.75 Å². The molecular formula is C18H15NO4S. The molecule has 0 spiro atoms. The molecule has 0 atom stereocenters. The standard InChI is InChI=1S/C18H15NO4S/c1-12-6-7-15-4-3-5-17(18(15)19-12)23-24(21,22)16-10-8-14(9-11-16)13(2)20/h3-11H,1-2H3. The highest BCUT2D eigenvalue weighted by molar-refractivity contribution is 7.87. The highest BCUT2D eigenvalue weighted by Crippen LogP contribution is 2.27. The number of Topliss-reactive ketones (excluding diaryl/α,β-unsaturated/α-hetero) is 1. The van der Waals surface area contributed by atoms with Gasteiger partial charge in [-0.15, -0.1) is 0 Å². The van der Waals surface area contributed by atoms with Crippen LogP contribution >= 0.6 is 0 Å². The van der Waals surface area contributed by atoms with E-state index in [0.717, 1.165) is 11.1 Å². The molecular weight excluding hydrogens is 326 g/mol. The summed E-state index contributed by atoms with van der Waals surface area (Å²) in [6.07, 6.45) is 0. The molecule has 0 radical (unpaired) electrons. The van der Waals surface area contributed by atoms with Gasteiger partial charge in [-0.25, -0.2) is 4.98 Å². The highest BCUT2D eigenvalue weighted by atomic mass is 32.2. The molecule has 5 nitrogen and oxygen atoms in total. The monoisotopic (exact) mass is 341 g/mol. The van der Waals surface area contributed by atoms with Gasteiger partial charge in [0.05, 0.1) is 0 Å². The van der Waals surface area contributed by atoms with Crippen molar-refractivity contribution in [3.05, 3.63) is 65.9 Å². The van der Waals surface area contributed by atoms with Gasteiger partial charge >= 0.3 is 10.1 Å². The maximum atomic E-state index is 12.5. The van der Waals surface area contributed by atoms with Gasteiger partial charge in [0.1, 0.15) is 10.4 Å². The molecule has 0 fully saturated rings. The Bertz CT molecular complexity index is 1020. The van der Waals surface area contributed by atoms with Crippen molar-refractivity contribution in [1.29, 1.82) is 0 Å². The lowest BCUT2D eigenvalue weighted by atomic mass is 10.2. The number of pyridine rings is 1. The summed E-state index contributed by atoms with van der Waals surface area (Å²) in [4.78, 5) is 15.6. The van der Waals surface area contributed by atoms with E-state index in [0.29, 0.717) is 11.1 Å². The van der Waals surface area contributed by atoms with Crippen LogP contribution in [0, 0.1) is 6.92 Å². The van der Waals surface area contributed by atoms with Gasteiger partial charge in [-0.1, -0.05) is 30.3 Å². The zero-order chi connectivity index (χ0) is 17.3. The van der Waals surface area contributed by atoms with Crippen LogP contribution in [-0.4, -0.2) is 19.2 Å². The lowest BCUT2D eigenvalue weighted by Crippen LogP contribution is -2.10. The Hall–Kier alpha value is -2.73.